The molecule has 0 aromatic carbocycles. The fraction of sp³-hybridized carbons (Fsp3) is 0.800. The fourth-order valence-corrected chi connectivity index (χ4v) is 2.53. The average molecular weight is 439 g/mol. The molecule has 7 nitrogen and oxygen atoms in total. The van der Waals surface area contributed by atoms with Crippen molar-refractivity contribution in [2.45, 2.75) is 33.1 Å². The molecule has 0 aromatic rings. The van der Waals surface area contributed by atoms with E-state index in [4.69, 9.17) is 0 Å². The van der Waals surface area contributed by atoms with Gasteiger partial charge in [-0.25, -0.2) is 0 Å². The van der Waals surface area contributed by atoms with Crippen molar-refractivity contribution in [3.63, 3.8) is 0 Å². The van der Waals surface area contributed by atoms with E-state index in [9.17, 15) is 9.59 Å². The molecular weight excluding hydrogens is 409 g/mol. The molecule has 1 aliphatic rings. The average Bonchev–Trinajstić information content (AvgIpc) is 2.51. The summed E-state index contributed by atoms with van der Waals surface area (Å²) in [6.07, 6.45) is 2.62. The van der Waals surface area contributed by atoms with Gasteiger partial charge in [-0.05, 0) is 25.7 Å². The van der Waals surface area contributed by atoms with Gasteiger partial charge in [-0.1, -0.05) is 0 Å². The van der Waals surface area contributed by atoms with Crippen LogP contribution in [0, 0.1) is 5.92 Å². The van der Waals surface area contributed by atoms with Crippen LogP contribution in [-0.2, 0) is 9.59 Å². The zero-order valence-electron chi connectivity index (χ0n) is 14.4. The molecule has 1 saturated heterocycles. The number of likely N-dealkylation sites (tertiary alicyclic amines) is 1. The SMILES string of the molecule is CCNC(=NCCNC(C)=O)N1CCC(CC(=O)NC)CC1.I. The van der Waals surface area contributed by atoms with Gasteiger partial charge in [0.1, 0.15) is 0 Å². The van der Waals surface area contributed by atoms with Crippen LogP contribution in [0.4, 0.5) is 0 Å². The third-order valence-corrected chi connectivity index (χ3v) is 3.75. The van der Waals surface area contributed by atoms with Crippen molar-refractivity contribution < 1.29 is 9.59 Å². The topological polar surface area (TPSA) is 85.8 Å². The Morgan fingerprint density at radius 3 is 2.39 bits per heavy atom. The Labute approximate surface area is 156 Å². The lowest BCUT2D eigenvalue weighted by atomic mass is 9.93. The maximum atomic E-state index is 11.4. The first-order valence-corrected chi connectivity index (χ1v) is 8.05. The first-order valence-electron chi connectivity index (χ1n) is 8.05. The van der Waals surface area contributed by atoms with Crippen molar-refractivity contribution in [3.8, 4) is 0 Å². The molecule has 0 bridgehead atoms. The maximum absolute atomic E-state index is 11.4. The van der Waals surface area contributed by atoms with Gasteiger partial charge in [0.25, 0.3) is 0 Å². The van der Waals surface area contributed by atoms with Crippen LogP contribution in [-0.4, -0.2) is 62.4 Å². The zero-order chi connectivity index (χ0) is 16.4. The molecule has 1 rings (SSSR count). The number of halogens is 1. The lowest BCUT2D eigenvalue weighted by molar-refractivity contribution is -0.122. The minimum Gasteiger partial charge on any atom is -0.359 e. The number of hydrogen-bond donors (Lipinski definition) is 3. The van der Waals surface area contributed by atoms with E-state index in [1.54, 1.807) is 7.05 Å². The van der Waals surface area contributed by atoms with Crippen LogP contribution in [0.3, 0.4) is 0 Å². The zero-order valence-corrected chi connectivity index (χ0v) is 16.7. The van der Waals surface area contributed by atoms with Crippen LogP contribution < -0.4 is 16.0 Å². The second kappa shape index (κ2) is 12.4. The molecule has 3 N–H and O–H groups in total. The van der Waals surface area contributed by atoms with Crippen LogP contribution >= 0.6 is 24.0 Å². The summed E-state index contributed by atoms with van der Waals surface area (Å²) >= 11 is 0. The molecule has 1 aliphatic heterocycles. The second-order valence-corrected chi connectivity index (χ2v) is 5.53. The molecular formula is C15H30IN5O2. The van der Waals surface area contributed by atoms with Crippen LogP contribution in [0.15, 0.2) is 4.99 Å². The number of guanidine groups is 1. The van der Waals surface area contributed by atoms with E-state index in [2.05, 4.69) is 25.8 Å². The Balaban J connectivity index is 0.00000484. The molecule has 1 fully saturated rings. The monoisotopic (exact) mass is 439 g/mol. The van der Waals surface area contributed by atoms with Gasteiger partial charge in [-0.3, -0.25) is 14.6 Å². The first kappa shape index (κ1) is 21.9. The summed E-state index contributed by atoms with van der Waals surface area (Å²) in [7, 11) is 1.68. The highest BCUT2D eigenvalue weighted by Crippen LogP contribution is 2.20. The van der Waals surface area contributed by atoms with Gasteiger partial charge >= 0.3 is 0 Å². The predicted molar refractivity (Wildman–Crippen MR) is 103 cm³/mol. The number of amides is 2. The predicted octanol–water partition coefficient (Wildman–Crippen LogP) is 0.554. The van der Waals surface area contributed by atoms with E-state index < -0.39 is 0 Å². The summed E-state index contributed by atoms with van der Waals surface area (Å²) < 4.78 is 0. The smallest absolute Gasteiger partial charge is 0.220 e. The molecule has 2 amide bonds. The largest absolute Gasteiger partial charge is 0.359 e. The molecule has 0 radical (unpaired) electrons. The van der Waals surface area contributed by atoms with Gasteiger partial charge in [-0.15, -0.1) is 24.0 Å². The van der Waals surface area contributed by atoms with Crippen molar-refractivity contribution in [1.29, 1.82) is 0 Å². The molecule has 0 saturated carbocycles. The molecule has 1 heterocycles. The molecule has 23 heavy (non-hydrogen) atoms. The Morgan fingerprint density at radius 2 is 1.87 bits per heavy atom. The number of rotatable bonds is 6. The number of hydrogen-bond acceptors (Lipinski definition) is 3. The van der Waals surface area contributed by atoms with Crippen molar-refractivity contribution >= 4 is 41.8 Å². The van der Waals surface area contributed by atoms with Crippen LogP contribution in [0.2, 0.25) is 0 Å². The van der Waals surface area contributed by atoms with Crippen molar-refractivity contribution in [2.24, 2.45) is 10.9 Å². The first-order chi connectivity index (χ1) is 10.6. The molecule has 0 spiro atoms. The summed E-state index contributed by atoms with van der Waals surface area (Å²) in [5, 5.41) is 8.72. The van der Waals surface area contributed by atoms with Crippen molar-refractivity contribution in [3.05, 3.63) is 0 Å². The molecule has 0 unspecified atom stereocenters. The standard InChI is InChI=1S/C15H29N5O2.HI/c1-4-17-15(19-8-7-18-12(2)21)20-9-5-13(6-10-20)11-14(22)16-3;/h13H,4-11H2,1-3H3,(H,16,22)(H,17,19)(H,18,21);1H. The quantitative estimate of drug-likeness (QED) is 0.244. The molecule has 0 aliphatic carbocycles. The number of piperidine rings is 1. The summed E-state index contributed by atoms with van der Waals surface area (Å²) in [4.78, 5) is 29.1. The fourth-order valence-electron chi connectivity index (χ4n) is 2.53. The van der Waals surface area contributed by atoms with E-state index in [1.165, 1.54) is 6.92 Å². The van der Waals surface area contributed by atoms with Crippen LogP contribution in [0.25, 0.3) is 0 Å². The Morgan fingerprint density at radius 1 is 1.22 bits per heavy atom. The summed E-state index contributed by atoms with van der Waals surface area (Å²) in [5.74, 6) is 1.44. The summed E-state index contributed by atoms with van der Waals surface area (Å²) in [5.41, 5.74) is 0. The van der Waals surface area contributed by atoms with Gasteiger partial charge in [0.05, 0.1) is 6.54 Å². The summed E-state index contributed by atoms with van der Waals surface area (Å²) in [6.45, 7) is 7.31. The van der Waals surface area contributed by atoms with Crippen molar-refractivity contribution in [2.75, 3.05) is 39.8 Å². The Hall–Kier alpha value is -1.06. The number of carbonyl (C=O) groups is 2. The normalized spacial score (nSPS) is 15.6. The van der Waals surface area contributed by atoms with E-state index >= 15 is 0 Å². The van der Waals surface area contributed by atoms with Gasteiger partial charge < -0.3 is 20.9 Å². The summed E-state index contributed by atoms with van der Waals surface area (Å²) in [6, 6.07) is 0. The highest BCUT2D eigenvalue weighted by atomic mass is 127. The molecule has 0 aromatic heterocycles. The number of aliphatic imine (C=N–C) groups is 1. The molecule has 0 atom stereocenters. The van der Waals surface area contributed by atoms with E-state index in [1.807, 2.05) is 6.92 Å². The molecule has 134 valence electrons. The lowest BCUT2D eigenvalue weighted by Gasteiger charge is -2.34. The lowest BCUT2D eigenvalue weighted by Crippen LogP contribution is -2.46. The van der Waals surface area contributed by atoms with E-state index in [0.717, 1.165) is 38.4 Å². The van der Waals surface area contributed by atoms with Crippen LogP contribution in [0.5, 0.6) is 0 Å². The number of carbonyl (C=O) groups excluding carboxylic acids is 2. The minimum atomic E-state index is -0.0322. The number of nitrogens with zero attached hydrogens (tertiary/aromatic N) is 2. The minimum absolute atomic E-state index is 0. The van der Waals surface area contributed by atoms with Gasteiger partial charge in [0.2, 0.25) is 11.8 Å². The third-order valence-electron chi connectivity index (χ3n) is 3.75. The van der Waals surface area contributed by atoms with Crippen LogP contribution in [0.1, 0.15) is 33.1 Å². The van der Waals surface area contributed by atoms with Gasteiger partial charge in [-0.2, -0.15) is 0 Å². The number of nitrogens with one attached hydrogen (secondary N) is 3. The van der Waals surface area contributed by atoms with Crippen molar-refractivity contribution in [1.82, 2.24) is 20.9 Å². The second-order valence-electron chi connectivity index (χ2n) is 5.53. The van der Waals surface area contributed by atoms with Gasteiger partial charge in [0.15, 0.2) is 5.96 Å². The third kappa shape index (κ3) is 8.97. The van der Waals surface area contributed by atoms with E-state index in [-0.39, 0.29) is 35.8 Å². The Bertz CT molecular complexity index is 395. The maximum Gasteiger partial charge on any atom is 0.220 e. The van der Waals surface area contributed by atoms with E-state index in [0.29, 0.717) is 25.4 Å². The molecule has 8 heteroatoms. The highest BCUT2D eigenvalue weighted by Gasteiger charge is 2.22. The Kier molecular flexibility index (Phi) is 11.8. The van der Waals surface area contributed by atoms with Gasteiger partial charge in [0, 0.05) is 46.6 Å². The highest BCUT2D eigenvalue weighted by molar-refractivity contribution is 14.0.